The van der Waals surface area contributed by atoms with Crippen molar-refractivity contribution in [2.75, 3.05) is 10.8 Å². The molecule has 10 heteroatoms. The molecular weight excluding hydrogens is 593 g/mol. The van der Waals surface area contributed by atoms with Gasteiger partial charge in [-0.2, -0.15) is 0 Å². The molecule has 1 N–H and O–H groups in total. The van der Waals surface area contributed by atoms with Crippen molar-refractivity contribution >= 4 is 50.7 Å². The van der Waals surface area contributed by atoms with Gasteiger partial charge in [0.15, 0.2) is 0 Å². The lowest BCUT2D eigenvalue weighted by atomic mass is 10.0. The van der Waals surface area contributed by atoms with Gasteiger partial charge >= 0.3 is 0 Å². The summed E-state index contributed by atoms with van der Waals surface area (Å²) in [4.78, 5) is 29.1. The number of rotatable bonds is 11. The summed E-state index contributed by atoms with van der Waals surface area (Å²) in [5.74, 6) is -0.630. The van der Waals surface area contributed by atoms with Crippen LogP contribution in [0.3, 0.4) is 0 Å². The van der Waals surface area contributed by atoms with E-state index in [-0.39, 0.29) is 23.3 Å². The van der Waals surface area contributed by atoms with Crippen molar-refractivity contribution in [2.24, 2.45) is 0 Å². The summed E-state index contributed by atoms with van der Waals surface area (Å²) in [6.07, 6.45) is 0.309. The second-order valence-corrected chi connectivity index (χ2v) is 14.2. The van der Waals surface area contributed by atoms with Crippen molar-refractivity contribution in [3.8, 4) is 0 Å². The van der Waals surface area contributed by atoms with Crippen LogP contribution in [-0.4, -0.2) is 43.3 Å². The van der Waals surface area contributed by atoms with Crippen LogP contribution in [0.25, 0.3) is 0 Å². The molecule has 0 aliphatic rings. The van der Waals surface area contributed by atoms with E-state index in [1.54, 1.807) is 48.5 Å². The molecule has 7 nitrogen and oxygen atoms in total. The Kier molecular flexibility index (Phi) is 11.1. The lowest BCUT2D eigenvalue weighted by Gasteiger charge is -2.35. The van der Waals surface area contributed by atoms with E-state index in [1.165, 1.54) is 17.0 Å². The summed E-state index contributed by atoms with van der Waals surface area (Å²) in [5.41, 5.74) is 1.49. The first kappa shape index (κ1) is 33.4. The molecule has 3 aromatic rings. The van der Waals surface area contributed by atoms with E-state index in [1.807, 2.05) is 53.7 Å². The molecule has 0 aliphatic carbocycles. The predicted molar refractivity (Wildman–Crippen MR) is 170 cm³/mol. The van der Waals surface area contributed by atoms with Gasteiger partial charge in [0.1, 0.15) is 12.6 Å². The SMILES string of the molecule is CCC(C(=O)NC(C)(C)C)N(Cc1ccc(Cl)c(Cl)c1)C(=O)CN(c1ccc(C(C)C)cc1)S(=O)(=O)c1ccccc1. The third-order valence-electron chi connectivity index (χ3n) is 6.68. The quantitative estimate of drug-likeness (QED) is 0.246. The molecule has 0 saturated carbocycles. The van der Waals surface area contributed by atoms with Crippen molar-refractivity contribution in [1.29, 1.82) is 0 Å². The molecule has 0 saturated heterocycles. The average molecular weight is 633 g/mol. The molecule has 1 atom stereocenters. The molecule has 3 rings (SSSR count). The zero-order valence-corrected chi connectivity index (χ0v) is 27.2. The van der Waals surface area contributed by atoms with Crippen LogP contribution in [0.4, 0.5) is 5.69 Å². The predicted octanol–water partition coefficient (Wildman–Crippen LogP) is 7.03. The van der Waals surface area contributed by atoms with Crippen molar-refractivity contribution < 1.29 is 18.0 Å². The first-order valence-electron chi connectivity index (χ1n) is 13.9. The molecular formula is C32H39Cl2N3O4S. The molecule has 0 heterocycles. The molecule has 0 bridgehead atoms. The fraction of sp³-hybridized carbons (Fsp3) is 0.375. The van der Waals surface area contributed by atoms with Gasteiger partial charge in [0, 0.05) is 12.1 Å². The summed E-state index contributed by atoms with van der Waals surface area (Å²) >= 11 is 12.4. The number of nitrogens with one attached hydrogen (secondary N) is 1. The number of hydrogen-bond donors (Lipinski definition) is 1. The van der Waals surface area contributed by atoms with E-state index >= 15 is 0 Å². The lowest BCUT2D eigenvalue weighted by Crippen LogP contribution is -2.55. The Balaban J connectivity index is 2.09. The molecule has 0 radical (unpaired) electrons. The van der Waals surface area contributed by atoms with E-state index in [2.05, 4.69) is 5.32 Å². The van der Waals surface area contributed by atoms with E-state index in [0.29, 0.717) is 27.7 Å². The van der Waals surface area contributed by atoms with E-state index < -0.39 is 34.1 Å². The van der Waals surface area contributed by atoms with Crippen LogP contribution in [0, 0.1) is 0 Å². The largest absolute Gasteiger partial charge is 0.350 e. The fourth-order valence-corrected chi connectivity index (χ4v) is 6.24. The Labute approximate surface area is 259 Å². The first-order chi connectivity index (χ1) is 19.6. The van der Waals surface area contributed by atoms with Gasteiger partial charge < -0.3 is 10.2 Å². The maximum Gasteiger partial charge on any atom is 0.264 e. The second kappa shape index (κ2) is 13.9. The minimum Gasteiger partial charge on any atom is -0.350 e. The van der Waals surface area contributed by atoms with Gasteiger partial charge in [-0.25, -0.2) is 8.42 Å². The highest BCUT2D eigenvalue weighted by molar-refractivity contribution is 7.92. The van der Waals surface area contributed by atoms with Crippen LogP contribution in [-0.2, 0) is 26.2 Å². The van der Waals surface area contributed by atoms with Crippen LogP contribution in [0.15, 0.2) is 77.7 Å². The van der Waals surface area contributed by atoms with E-state index in [4.69, 9.17) is 23.2 Å². The summed E-state index contributed by atoms with van der Waals surface area (Å²) in [6.45, 7) is 11.0. The van der Waals surface area contributed by atoms with Gasteiger partial charge in [-0.3, -0.25) is 13.9 Å². The van der Waals surface area contributed by atoms with Gasteiger partial charge in [-0.15, -0.1) is 0 Å². The molecule has 0 fully saturated rings. The number of amides is 2. The Bertz CT molecular complexity index is 1490. The highest BCUT2D eigenvalue weighted by Gasteiger charge is 2.34. The van der Waals surface area contributed by atoms with Crippen molar-refractivity contribution in [3.05, 3.63) is 94.0 Å². The summed E-state index contributed by atoms with van der Waals surface area (Å²) in [7, 11) is -4.14. The summed E-state index contributed by atoms with van der Waals surface area (Å²) < 4.78 is 29.0. The molecule has 226 valence electrons. The second-order valence-electron chi connectivity index (χ2n) is 11.5. The maximum absolute atomic E-state index is 14.2. The Hall–Kier alpha value is -3.07. The molecule has 1 unspecified atom stereocenters. The topological polar surface area (TPSA) is 86.8 Å². The number of benzene rings is 3. The Morgan fingerprint density at radius 3 is 2.05 bits per heavy atom. The zero-order chi connectivity index (χ0) is 31.2. The maximum atomic E-state index is 14.2. The molecule has 3 aromatic carbocycles. The van der Waals surface area contributed by atoms with Gasteiger partial charge in [0.25, 0.3) is 10.0 Å². The fourth-order valence-electron chi connectivity index (χ4n) is 4.48. The van der Waals surface area contributed by atoms with Gasteiger partial charge in [-0.05, 0) is 80.6 Å². The number of sulfonamides is 1. The van der Waals surface area contributed by atoms with Gasteiger partial charge in [0.05, 0.1) is 20.6 Å². The van der Waals surface area contributed by atoms with Gasteiger partial charge in [0.2, 0.25) is 11.8 Å². The average Bonchev–Trinajstić information content (AvgIpc) is 2.93. The number of carbonyl (C=O) groups is 2. The standard InChI is InChI=1S/C32H39Cl2N3O4S/c1-7-29(31(39)35-32(4,5)6)36(20-23-13-18-27(33)28(34)19-23)30(38)21-37(25-16-14-24(15-17-25)22(2)3)42(40,41)26-11-9-8-10-12-26/h8-19,22,29H,7,20-21H2,1-6H3,(H,35,39). The minimum absolute atomic E-state index is 0.0251. The van der Waals surface area contributed by atoms with E-state index in [0.717, 1.165) is 9.87 Å². The number of halogens is 2. The van der Waals surface area contributed by atoms with E-state index in [9.17, 15) is 18.0 Å². The normalized spacial score (nSPS) is 12.6. The van der Waals surface area contributed by atoms with Crippen molar-refractivity contribution in [1.82, 2.24) is 10.2 Å². The molecule has 0 aromatic heterocycles. The monoisotopic (exact) mass is 631 g/mol. The number of anilines is 1. The third-order valence-corrected chi connectivity index (χ3v) is 9.21. The van der Waals surface area contributed by atoms with Crippen LogP contribution in [0.1, 0.15) is 65.0 Å². The lowest BCUT2D eigenvalue weighted by molar-refractivity contribution is -0.141. The Morgan fingerprint density at radius 1 is 0.905 bits per heavy atom. The molecule has 0 spiro atoms. The smallest absolute Gasteiger partial charge is 0.264 e. The molecule has 42 heavy (non-hydrogen) atoms. The number of hydrogen-bond acceptors (Lipinski definition) is 4. The molecule has 2 amide bonds. The minimum atomic E-state index is -4.14. The number of carbonyl (C=O) groups excluding carboxylic acids is 2. The van der Waals surface area contributed by atoms with Gasteiger partial charge in [-0.1, -0.05) is 80.4 Å². The first-order valence-corrected chi connectivity index (χ1v) is 16.1. The Morgan fingerprint density at radius 2 is 1.52 bits per heavy atom. The molecule has 0 aliphatic heterocycles. The zero-order valence-electron chi connectivity index (χ0n) is 24.9. The van der Waals surface area contributed by atoms with Crippen LogP contribution in [0.5, 0.6) is 0 Å². The summed E-state index contributed by atoms with van der Waals surface area (Å²) in [5, 5.41) is 3.63. The third kappa shape index (κ3) is 8.49. The van der Waals surface area contributed by atoms with Crippen LogP contribution >= 0.6 is 23.2 Å². The van der Waals surface area contributed by atoms with Crippen LogP contribution in [0.2, 0.25) is 10.0 Å². The van der Waals surface area contributed by atoms with Crippen molar-refractivity contribution in [2.45, 2.75) is 76.9 Å². The van der Waals surface area contributed by atoms with Crippen molar-refractivity contribution in [3.63, 3.8) is 0 Å². The summed E-state index contributed by atoms with van der Waals surface area (Å²) in [6, 6.07) is 19.2. The number of nitrogens with zero attached hydrogens (tertiary/aromatic N) is 2. The highest BCUT2D eigenvalue weighted by Crippen LogP contribution is 2.28. The highest BCUT2D eigenvalue weighted by atomic mass is 35.5. The van der Waals surface area contributed by atoms with Crippen LogP contribution < -0.4 is 9.62 Å².